The summed E-state index contributed by atoms with van der Waals surface area (Å²) in [5, 5.41) is 0. The van der Waals surface area contributed by atoms with Crippen molar-refractivity contribution in [2.75, 3.05) is 6.61 Å². The van der Waals surface area contributed by atoms with Crippen molar-refractivity contribution in [1.82, 2.24) is 10.9 Å². The summed E-state index contributed by atoms with van der Waals surface area (Å²) in [6, 6.07) is 6.99. The Morgan fingerprint density at radius 2 is 1.88 bits per heavy atom. The van der Waals surface area contributed by atoms with Crippen LogP contribution in [0.1, 0.15) is 56.3 Å². The van der Waals surface area contributed by atoms with Gasteiger partial charge in [-0.2, -0.15) is 0 Å². The van der Waals surface area contributed by atoms with Crippen LogP contribution in [0.15, 0.2) is 24.3 Å². The molecule has 2 aliphatic carbocycles. The van der Waals surface area contributed by atoms with E-state index in [0.29, 0.717) is 29.9 Å². The SMILES string of the molecule is CC(C)CCOc1ccc(C(=O)NNC(=O)C2CC3CCC2C3)cc1. The number of hydrazine groups is 1. The molecule has 0 aromatic heterocycles. The number of fused-ring (bicyclic) bond motifs is 2. The molecule has 3 unspecified atom stereocenters. The van der Waals surface area contributed by atoms with Crippen molar-refractivity contribution in [3.05, 3.63) is 29.8 Å². The van der Waals surface area contributed by atoms with Gasteiger partial charge in [0.05, 0.1) is 6.61 Å². The average Bonchev–Trinajstić information content (AvgIpc) is 3.23. The number of ether oxygens (including phenoxy) is 1. The predicted octanol–water partition coefficient (Wildman–Crippen LogP) is 3.31. The highest BCUT2D eigenvalue weighted by molar-refractivity contribution is 5.95. The zero-order valence-corrected chi connectivity index (χ0v) is 15.1. The predicted molar refractivity (Wildman–Crippen MR) is 95.9 cm³/mol. The first-order valence-electron chi connectivity index (χ1n) is 9.36. The van der Waals surface area contributed by atoms with Gasteiger partial charge in [-0.1, -0.05) is 20.3 Å². The van der Waals surface area contributed by atoms with E-state index in [0.717, 1.165) is 25.0 Å². The lowest BCUT2D eigenvalue weighted by atomic mass is 9.88. The van der Waals surface area contributed by atoms with Crippen LogP contribution in [0.2, 0.25) is 0 Å². The van der Waals surface area contributed by atoms with Gasteiger partial charge in [-0.05, 0) is 67.7 Å². The molecule has 0 radical (unpaired) electrons. The van der Waals surface area contributed by atoms with E-state index in [2.05, 4.69) is 24.7 Å². The maximum Gasteiger partial charge on any atom is 0.269 e. The maximum atomic E-state index is 12.3. The van der Waals surface area contributed by atoms with Crippen LogP contribution in [-0.2, 0) is 4.79 Å². The van der Waals surface area contributed by atoms with Crippen LogP contribution >= 0.6 is 0 Å². The third-order valence-electron chi connectivity index (χ3n) is 5.45. The number of hydrogen-bond donors (Lipinski definition) is 2. The summed E-state index contributed by atoms with van der Waals surface area (Å²) in [7, 11) is 0. The van der Waals surface area contributed by atoms with Crippen molar-refractivity contribution in [3.8, 4) is 5.75 Å². The first-order chi connectivity index (χ1) is 12.0. The van der Waals surface area contributed by atoms with Crippen LogP contribution in [0.4, 0.5) is 0 Å². The monoisotopic (exact) mass is 344 g/mol. The van der Waals surface area contributed by atoms with Gasteiger partial charge in [-0.3, -0.25) is 20.4 Å². The number of hydrogen-bond acceptors (Lipinski definition) is 3. The highest BCUT2D eigenvalue weighted by atomic mass is 16.5. The Balaban J connectivity index is 1.44. The summed E-state index contributed by atoms with van der Waals surface area (Å²) in [5.74, 6) is 2.28. The first-order valence-corrected chi connectivity index (χ1v) is 9.36. The van der Waals surface area contributed by atoms with Crippen molar-refractivity contribution < 1.29 is 14.3 Å². The minimum absolute atomic E-state index is 0.0470. The summed E-state index contributed by atoms with van der Waals surface area (Å²) in [4.78, 5) is 24.4. The van der Waals surface area contributed by atoms with Gasteiger partial charge in [-0.25, -0.2) is 0 Å². The van der Waals surface area contributed by atoms with Crippen LogP contribution in [0.5, 0.6) is 5.75 Å². The van der Waals surface area contributed by atoms with E-state index in [4.69, 9.17) is 4.74 Å². The number of nitrogens with one attached hydrogen (secondary N) is 2. The molecule has 2 fully saturated rings. The molecule has 0 heterocycles. The first kappa shape index (κ1) is 17.8. The van der Waals surface area contributed by atoms with E-state index in [-0.39, 0.29) is 17.7 Å². The second-order valence-corrected chi connectivity index (χ2v) is 7.78. The number of carbonyl (C=O) groups is 2. The van der Waals surface area contributed by atoms with Gasteiger partial charge in [0, 0.05) is 11.5 Å². The number of amides is 2. The molecule has 2 aliphatic rings. The molecule has 2 N–H and O–H groups in total. The molecule has 136 valence electrons. The largest absolute Gasteiger partial charge is 0.494 e. The van der Waals surface area contributed by atoms with Gasteiger partial charge in [0.2, 0.25) is 5.91 Å². The minimum Gasteiger partial charge on any atom is -0.494 e. The van der Waals surface area contributed by atoms with Crippen LogP contribution < -0.4 is 15.6 Å². The number of benzene rings is 1. The van der Waals surface area contributed by atoms with E-state index < -0.39 is 0 Å². The lowest BCUT2D eigenvalue weighted by molar-refractivity contribution is -0.127. The fourth-order valence-electron chi connectivity index (χ4n) is 3.96. The highest BCUT2D eigenvalue weighted by Gasteiger charge is 2.43. The Hall–Kier alpha value is -2.04. The summed E-state index contributed by atoms with van der Waals surface area (Å²) >= 11 is 0. The second-order valence-electron chi connectivity index (χ2n) is 7.78. The van der Waals surface area contributed by atoms with Crippen LogP contribution in [0, 0.1) is 23.7 Å². The lowest BCUT2D eigenvalue weighted by Gasteiger charge is -2.20. The Morgan fingerprint density at radius 1 is 1.12 bits per heavy atom. The van der Waals surface area contributed by atoms with Gasteiger partial charge >= 0.3 is 0 Å². The maximum absolute atomic E-state index is 12.3. The van der Waals surface area contributed by atoms with Gasteiger partial charge in [-0.15, -0.1) is 0 Å². The fraction of sp³-hybridized carbons (Fsp3) is 0.600. The van der Waals surface area contributed by atoms with Crippen LogP contribution in [0.3, 0.4) is 0 Å². The normalized spacial score (nSPS) is 24.4. The second kappa shape index (κ2) is 7.89. The van der Waals surface area contributed by atoms with Crippen molar-refractivity contribution in [2.45, 2.75) is 46.0 Å². The minimum atomic E-state index is -0.301. The Bertz CT molecular complexity index is 612. The smallest absolute Gasteiger partial charge is 0.269 e. The fourth-order valence-corrected chi connectivity index (χ4v) is 3.96. The molecule has 0 aliphatic heterocycles. The summed E-state index contributed by atoms with van der Waals surface area (Å²) < 4.78 is 5.64. The Morgan fingerprint density at radius 3 is 2.48 bits per heavy atom. The van der Waals surface area contributed by atoms with E-state index in [1.165, 1.54) is 12.8 Å². The highest BCUT2D eigenvalue weighted by Crippen LogP contribution is 2.48. The van der Waals surface area contributed by atoms with E-state index in [1.54, 1.807) is 24.3 Å². The lowest BCUT2D eigenvalue weighted by Crippen LogP contribution is -2.45. The van der Waals surface area contributed by atoms with Crippen molar-refractivity contribution in [3.63, 3.8) is 0 Å². The molecule has 0 spiro atoms. The molecule has 2 saturated carbocycles. The topological polar surface area (TPSA) is 67.4 Å². The van der Waals surface area contributed by atoms with Crippen molar-refractivity contribution in [2.24, 2.45) is 23.7 Å². The molecule has 0 saturated heterocycles. The zero-order chi connectivity index (χ0) is 17.8. The standard InChI is InChI=1S/C20H28N2O3/c1-13(2)9-10-25-17-7-5-15(6-8-17)19(23)21-22-20(24)18-12-14-3-4-16(18)11-14/h5-8,13-14,16,18H,3-4,9-12H2,1-2H3,(H,21,23)(H,22,24). The third kappa shape index (κ3) is 4.53. The molecule has 25 heavy (non-hydrogen) atoms. The molecule has 3 atom stereocenters. The summed E-state index contributed by atoms with van der Waals surface area (Å²) in [6.07, 6.45) is 5.54. The quantitative estimate of drug-likeness (QED) is 0.778. The molecule has 2 bridgehead atoms. The molecular weight excluding hydrogens is 316 g/mol. The van der Waals surface area contributed by atoms with E-state index in [1.807, 2.05) is 0 Å². The molecular formula is C20H28N2O3. The number of rotatable bonds is 6. The third-order valence-corrected chi connectivity index (χ3v) is 5.45. The molecule has 1 aromatic carbocycles. The van der Waals surface area contributed by atoms with Crippen LogP contribution in [-0.4, -0.2) is 18.4 Å². The van der Waals surface area contributed by atoms with Gasteiger partial charge in [0.1, 0.15) is 5.75 Å². The Kier molecular flexibility index (Phi) is 5.61. The Labute approximate surface area is 149 Å². The molecule has 2 amide bonds. The van der Waals surface area contributed by atoms with E-state index >= 15 is 0 Å². The van der Waals surface area contributed by atoms with Crippen molar-refractivity contribution >= 4 is 11.8 Å². The van der Waals surface area contributed by atoms with Gasteiger partial charge < -0.3 is 4.74 Å². The molecule has 1 aromatic rings. The summed E-state index contributed by atoms with van der Waals surface area (Å²) in [6.45, 7) is 4.98. The number of carbonyl (C=O) groups excluding carboxylic acids is 2. The molecule has 5 heteroatoms. The zero-order valence-electron chi connectivity index (χ0n) is 15.1. The summed E-state index contributed by atoms with van der Waals surface area (Å²) in [5.41, 5.74) is 5.64. The van der Waals surface area contributed by atoms with Crippen molar-refractivity contribution in [1.29, 1.82) is 0 Å². The van der Waals surface area contributed by atoms with Gasteiger partial charge in [0.25, 0.3) is 5.91 Å². The van der Waals surface area contributed by atoms with E-state index in [9.17, 15) is 9.59 Å². The molecule has 3 rings (SSSR count). The molecule has 5 nitrogen and oxygen atoms in total. The van der Waals surface area contributed by atoms with Crippen LogP contribution in [0.25, 0.3) is 0 Å². The van der Waals surface area contributed by atoms with Gasteiger partial charge in [0.15, 0.2) is 0 Å². The average molecular weight is 344 g/mol.